The number of aromatic nitrogens is 1. The van der Waals surface area contributed by atoms with Crippen molar-refractivity contribution in [2.45, 2.75) is 6.10 Å². The molecule has 1 atom stereocenters. The first-order valence-electron chi connectivity index (χ1n) is 5.34. The Kier molecular flexibility index (Phi) is 3.67. The summed E-state index contributed by atoms with van der Waals surface area (Å²) in [6, 6.07) is 12.2. The fourth-order valence-electron chi connectivity index (χ4n) is 1.47. The van der Waals surface area contributed by atoms with Crippen molar-refractivity contribution in [1.29, 1.82) is 0 Å². The van der Waals surface area contributed by atoms with Gasteiger partial charge in [0.15, 0.2) is 0 Å². The number of nitrogens with zero attached hydrogens (tertiary/aromatic N) is 1. The van der Waals surface area contributed by atoms with E-state index in [1.807, 2.05) is 30.3 Å². The number of halogens is 1. The Hall–Kier alpha value is -1.94. The van der Waals surface area contributed by atoms with Gasteiger partial charge in [-0.25, -0.2) is 9.37 Å². The first-order valence-corrected chi connectivity index (χ1v) is 5.34. The molecule has 1 aromatic carbocycles. The van der Waals surface area contributed by atoms with Gasteiger partial charge in [0, 0.05) is 6.54 Å². The SMILES string of the molecule is OC(CNc1ccc(F)cn1)c1ccccc1. The third-order valence-electron chi connectivity index (χ3n) is 2.39. The molecule has 88 valence electrons. The molecule has 1 aromatic heterocycles. The Morgan fingerprint density at radius 3 is 2.59 bits per heavy atom. The average molecular weight is 232 g/mol. The molecule has 4 heteroatoms. The zero-order chi connectivity index (χ0) is 12.1. The quantitative estimate of drug-likeness (QED) is 0.850. The number of aliphatic hydroxyl groups is 1. The molecule has 0 saturated carbocycles. The second-order valence-electron chi connectivity index (χ2n) is 3.67. The molecule has 17 heavy (non-hydrogen) atoms. The van der Waals surface area contributed by atoms with Crippen LogP contribution in [0.5, 0.6) is 0 Å². The van der Waals surface area contributed by atoms with Crippen LogP contribution in [0.25, 0.3) is 0 Å². The molecule has 0 aliphatic rings. The molecule has 3 nitrogen and oxygen atoms in total. The van der Waals surface area contributed by atoms with E-state index in [9.17, 15) is 9.50 Å². The van der Waals surface area contributed by atoms with Crippen LogP contribution in [0.2, 0.25) is 0 Å². The molecule has 2 N–H and O–H groups in total. The summed E-state index contributed by atoms with van der Waals surface area (Å²) < 4.78 is 12.6. The molecule has 0 radical (unpaired) electrons. The standard InChI is InChI=1S/C13H13FN2O/c14-11-6-7-13(15-8-11)16-9-12(17)10-4-2-1-3-5-10/h1-8,12,17H,9H2,(H,15,16). The number of rotatable bonds is 4. The van der Waals surface area contributed by atoms with Gasteiger partial charge in [0.25, 0.3) is 0 Å². The molecule has 0 fully saturated rings. The second-order valence-corrected chi connectivity index (χ2v) is 3.67. The van der Waals surface area contributed by atoms with Gasteiger partial charge < -0.3 is 10.4 Å². The third kappa shape index (κ3) is 3.26. The van der Waals surface area contributed by atoms with Gasteiger partial charge in [-0.3, -0.25) is 0 Å². The van der Waals surface area contributed by atoms with Crippen LogP contribution in [-0.2, 0) is 0 Å². The molecule has 0 saturated heterocycles. The lowest BCUT2D eigenvalue weighted by Gasteiger charge is -2.12. The van der Waals surface area contributed by atoms with Crippen LogP contribution in [0.4, 0.5) is 10.2 Å². The molecule has 0 aliphatic carbocycles. The number of benzene rings is 1. The Bertz CT molecular complexity index is 459. The Labute approximate surface area is 98.9 Å². The number of hydrogen-bond acceptors (Lipinski definition) is 3. The summed E-state index contributed by atoms with van der Waals surface area (Å²) >= 11 is 0. The first-order chi connectivity index (χ1) is 8.25. The smallest absolute Gasteiger partial charge is 0.141 e. The maximum Gasteiger partial charge on any atom is 0.141 e. The van der Waals surface area contributed by atoms with E-state index < -0.39 is 6.10 Å². The number of aliphatic hydroxyl groups excluding tert-OH is 1. The van der Waals surface area contributed by atoms with Crippen LogP contribution < -0.4 is 5.32 Å². The number of hydrogen-bond donors (Lipinski definition) is 2. The van der Waals surface area contributed by atoms with Gasteiger partial charge in [-0.15, -0.1) is 0 Å². The molecule has 0 amide bonds. The molecule has 1 unspecified atom stereocenters. The molecule has 0 aliphatic heterocycles. The fourth-order valence-corrected chi connectivity index (χ4v) is 1.47. The van der Waals surface area contributed by atoms with Crippen molar-refractivity contribution in [3.05, 3.63) is 60.0 Å². The van der Waals surface area contributed by atoms with Gasteiger partial charge in [0.05, 0.1) is 12.3 Å². The van der Waals surface area contributed by atoms with E-state index in [4.69, 9.17) is 0 Å². The highest BCUT2D eigenvalue weighted by atomic mass is 19.1. The van der Waals surface area contributed by atoms with Crippen LogP contribution in [0, 0.1) is 5.82 Å². The monoisotopic (exact) mass is 232 g/mol. The van der Waals surface area contributed by atoms with Gasteiger partial charge in [-0.1, -0.05) is 30.3 Å². The zero-order valence-corrected chi connectivity index (χ0v) is 9.18. The van der Waals surface area contributed by atoms with Crippen molar-refractivity contribution in [1.82, 2.24) is 4.98 Å². The van der Waals surface area contributed by atoms with Crippen molar-refractivity contribution in [2.75, 3.05) is 11.9 Å². The lowest BCUT2D eigenvalue weighted by molar-refractivity contribution is 0.191. The minimum atomic E-state index is -0.608. The van der Waals surface area contributed by atoms with E-state index in [-0.39, 0.29) is 5.82 Å². The van der Waals surface area contributed by atoms with Crippen LogP contribution in [-0.4, -0.2) is 16.6 Å². The van der Waals surface area contributed by atoms with E-state index in [0.29, 0.717) is 12.4 Å². The highest BCUT2D eigenvalue weighted by Crippen LogP contribution is 2.13. The summed E-state index contributed by atoms with van der Waals surface area (Å²) in [4.78, 5) is 3.85. The van der Waals surface area contributed by atoms with Crippen molar-refractivity contribution >= 4 is 5.82 Å². The lowest BCUT2D eigenvalue weighted by atomic mass is 10.1. The van der Waals surface area contributed by atoms with E-state index in [1.54, 1.807) is 0 Å². The molecular weight excluding hydrogens is 219 g/mol. The van der Waals surface area contributed by atoms with Gasteiger partial charge in [0.2, 0.25) is 0 Å². The topological polar surface area (TPSA) is 45.1 Å². The molecule has 0 bridgehead atoms. The van der Waals surface area contributed by atoms with Gasteiger partial charge in [-0.2, -0.15) is 0 Å². The normalized spacial score (nSPS) is 12.1. The van der Waals surface area contributed by atoms with Crippen LogP contribution in [0.3, 0.4) is 0 Å². The van der Waals surface area contributed by atoms with Gasteiger partial charge in [-0.05, 0) is 17.7 Å². The van der Waals surface area contributed by atoms with Gasteiger partial charge >= 0.3 is 0 Å². The minimum absolute atomic E-state index is 0.336. The summed E-state index contributed by atoms with van der Waals surface area (Å²) in [6.07, 6.45) is 0.528. The summed E-state index contributed by atoms with van der Waals surface area (Å²) in [6.45, 7) is 0.336. The Morgan fingerprint density at radius 1 is 1.18 bits per heavy atom. The number of anilines is 1. The molecule has 0 spiro atoms. The van der Waals surface area contributed by atoms with E-state index in [1.165, 1.54) is 12.1 Å². The van der Waals surface area contributed by atoms with Crippen molar-refractivity contribution in [3.8, 4) is 0 Å². The molecule has 1 heterocycles. The minimum Gasteiger partial charge on any atom is -0.387 e. The summed E-state index contributed by atoms with van der Waals surface area (Å²) in [7, 11) is 0. The first kappa shape index (κ1) is 11.5. The average Bonchev–Trinajstić information content (AvgIpc) is 2.39. The highest BCUT2D eigenvalue weighted by Gasteiger charge is 2.06. The van der Waals surface area contributed by atoms with Crippen LogP contribution in [0.15, 0.2) is 48.7 Å². The highest BCUT2D eigenvalue weighted by molar-refractivity contribution is 5.34. The molecule has 2 aromatic rings. The maximum atomic E-state index is 12.6. The van der Waals surface area contributed by atoms with Crippen LogP contribution >= 0.6 is 0 Å². The summed E-state index contributed by atoms with van der Waals surface area (Å²) in [5, 5.41) is 12.8. The molecule has 2 rings (SSSR count). The number of pyridine rings is 1. The van der Waals surface area contributed by atoms with Crippen molar-refractivity contribution < 1.29 is 9.50 Å². The number of nitrogens with one attached hydrogen (secondary N) is 1. The third-order valence-corrected chi connectivity index (χ3v) is 2.39. The van der Waals surface area contributed by atoms with Crippen molar-refractivity contribution in [2.24, 2.45) is 0 Å². The maximum absolute atomic E-state index is 12.6. The van der Waals surface area contributed by atoms with E-state index in [2.05, 4.69) is 10.3 Å². The summed E-state index contributed by atoms with van der Waals surface area (Å²) in [5.74, 6) is 0.167. The van der Waals surface area contributed by atoms with Gasteiger partial charge in [0.1, 0.15) is 11.6 Å². The summed E-state index contributed by atoms with van der Waals surface area (Å²) in [5.41, 5.74) is 0.835. The lowest BCUT2D eigenvalue weighted by Crippen LogP contribution is -2.12. The Balaban J connectivity index is 1.92. The van der Waals surface area contributed by atoms with E-state index in [0.717, 1.165) is 11.8 Å². The van der Waals surface area contributed by atoms with Crippen molar-refractivity contribution in [3.63, 3.8) is 0 Å². The predicted octanol–water partition coefficient (Wildman–Crippen LogP) is 2.37. The Morgan fingerprint density at radius 2 is 1.94 bits per heavy atom. The predicted molar refractivity (Wildman–Crippen MR) is 64.1 cm³/mol. The second kappa shape index (κ2) is 5.41. The zero-order valence-electron chi connectivity index (χ0n) is 9.18. The van der Waals surface area contributed by atoms with E-state index >= 15 is 0 Å². The fraction of sp³-hybridized carbons (Fsp3) is 0.154. The largest absolute Gasteiger partial charge is 0.387 e. The molecular formula is C13H13FN2O. The van der Waals surface area contributed by atoms with Crippen LogP contribution in [0.1, 0.15) is 11.7 Å².